The van der Waals surface area contributed by atoms with E-state index in [1.54, 1.807) is 6.92 Å². The molecule has 0 aliphatic rings. The minimum absolute atomic E-state index is 0.123. The molecule has 0 spiro atoms. The van der Waals surface area contributed by atoms with E-state index in [-0.39, 0.29) is 18.2 Å². The van der Waals surface area contributed by atoms with Crippen LogP contribution in [-0.2, 0) is 6.54 Å². The van der Waals surface area contributed by atoms with Crippen LogP contribution in [0.15, 0.2) is 30.5 Å². The van der Waals surface area contributed by atoms with Gasteiger partial charge in [0.2, 0.25) is 5.82 Å². The van der Waals surface area contributed by atoms with E-state index in [0.29, 0.717) is 11.4 Å². The lowest BCUT2D eigenvalue weighted by atomic mass is 10.1. The van der Waals surface area contributed by atoms with Crippen molar-refractivity contribution in [2.24, 2.45) is 0 Å². The van der Waals surface area contributed by atoms with Gasteiger partial charge in [-0.15, -0.1) is 0 Å². The largest absolute Gasteiger partial charge is 0.387 e. The molecule has 0 fully saturated rings. The number of halogens is 1. The fourth-order valence-corrected chi connectivity index (χ4v) is 1.74. The van der Waals surface area contributed by atoms with Gasteiger partial charge in [-0.05, 0) is 27.6 Å². The first kappa shape index (κ1) is 13.2. The molecular formula is C12H12FN3O3. The number of aliphatic hydroxyl groups is 1. The highest BCUT2D eigenvalue weighted by Gasteiger charge is 2.17. The Morgan fingerprint density at radius 1 is 1.47 bits per heavy atom. The molecule has 0 unspecified atom stereocenters. The summed E-state index contributed by atoms with van der Waals surface area (Å²) < 4.78 is 14.3. The van der Waals surface area contributed by atoms with E-state index < -0.39 is 11.0 Å². The maximum Gasteiger partial charge on any atom is 0.381 e. The molecule has 100 valence electrons. The molecular weight excluding hydrogens is 253 g/mol. The Kier molecular flexibility index (Phi) is 3.57. The molecule has 7 heteroatoms. The van der Waals surface area contributed by atoms with Crippen LogP contribution in [0, 0.1) is 22.9 Å². The number of hydrogen-bond acceptors (Lipinski definition) is 4. The van der Waals surface area contributed by atoms with E-state index in [0.717, 1.165) is 0 Å². The van der Waals surface area contributed by atoms with Crippen LogP contribution in [0.1, 0.15) is 17.5 Å². The molecule has 0 bridgehead atoms. The van der Waals surface area contributed by atoms with Gasteiger partial charge in [-0.25, -0.2) is 4.39 Å². The Morgan fingerprint density at radius 3 is 2.63 bits per heavy atom. The number of aliphatic hydroxyl groups excluding tert-OH is 1. The Balaban J connectivity index is 2.16. The van der Waals surface area contributed by atoms with E-state index in [4.69, 9.17) is 0 Å². The third-order valence-electron chi connectivity index (χ3n) is 2.77. The van der Waals surface area contributed by atoms with Crippen molar-refractivity contribution in [3.8, 4) is 0 Å². The molecule has 1 aromatic carbocycles. The van der Waals surface area contributed by atoms with Gasteiger partial charge in [0.1, 0.15) is 12.0 Å². The van der Waals surface area contributed by atoms with Gasteiger partial charge in [0.15, 0.2) is 0 Å². The summed E-state index contributed by atoms with van der Waals surface area (Å²) in [6, 6.07) is 5.45. The zero-order valence-electron chi connectivity index (χ0n) is 10.2. The van der Waals surface area contributed by atoms with Gasteiger partial charge in [0, 0.05) is 6.92 Å². The van der Waals surface area contributed by atoms with Gasteiger partial charge in [-0.3, -0.25) is 0 Å². The van der Waals surface area contributed by atoms with E-state index in [2.05, 4.69) is 4.98 Å². The van der Waals surface area contributed by atoms with Crippen molar-refractivity contribution < 1.29 is 14.4 Å². The predicted octanol–water partition coefficient (Wildman–Crippen LogP) is 1.97. The van der Waals surface area contributed by atoms with Crippen molar-refractivity contribution in [2.75, 3.05) is 0 Å². The van der Waals surface area contributed by atoms with Gasteiger partial charge in [-0.1, -0.05) is 12.1 Å². The monoisotopic (exact) mass is 265 g/mol. The van der Waals surface area contributed by atoms with Crippen LogP contribution in [0.4, 0.5) is 10.2 Å². The lowest BCUT2D eigenvalue weighted by Gasteiger charge is -2.11. The second kappa shape index (κ2) is 5.15. The predicted molar refractivity (Wildman–Crippen MR) is 65.0 cm³/mol. The van der Waals surface area contributed by atoms with Crippen molar-refractivity contribution >= 4 is 5.82 Å². The molecule has 0 saturated carbocycles. The van der Waals surface area contributed by atoms with E-state index >= 15 is 0 Å². The van der Waals surface area contributed by atoms with Crippen LogP contribution >= 0.6 is 0 Å². The zero-order valence-corrected chi connectivity index (χ0v) is 10.2. The first-order valence-corrected chi connectivity index (χ1v) is 5.59. The first-order chi connectivity index (χ1) is 8.97. The molecule has 2 rings (SSSR count). The molecule has 0 amide bonds. The zero-order chi connectivity index (χ0) is 14.0. The van der Waals surface area contributed by atoms with E-state index in [1.165, 1.54) is 35.0 Å². The van der Waals surface area contributed by atoms with Crippen LogP contribution in [-0.4, -0.2) is 19.6 Å². The smallest absolute Gasteiger partial charge is 0.381 e. The summed E-state index contributed by atoms with van der Waals surface area (Å²) in [5.41, 5.74) is 0.539. The molecule has 1 N–H and O–H groups in total. The molecule has 0 saturated heterocycles. The summed E-state index contributed by atoms with van der Waals surface area (Å²) in [5.74, 6) is -0.206. The molecule has 1 heterocycles. The van der Waals surface area contributed by atoms with Crippen molar-refractivity contribution in [2.45, 2.75) is 19.6 Å². The maximum absolute atomic E-state index is 12.8. The SMILES string of the molecule is Cc1nc([N+](=O)[O-])cn1C[C@@H](O)c1ccc(F)cc1. The summed E-state index contributed by atoms with van der Waals surface area (Å²) in [5, 5.41) is 20.6. The third kappa shape index (κ3) is 2.94. The average molecular weight is 265 g/mol. The number of benzene rings is 1. The van der Waals surface area contributed by atoms with E-state index in [9.17, 15) is 19.6 Å². The number of rotatable bonds is 4. The van der Waals surface area contributed by atoms with Crippen LogP contribution in [0.5, 0.6) is 0 Å². The number of hydrogen-bond donors (Lipinski definition) is 1. The van der Waals surface area contributed by atoms with Crippen molar-refractivity contribution in [1.29, 1.82) is 0 Å². The molecule has 0 aliphatic heterocycles. The van der Waals surface area contributed by atoms with Crippen molar-refractivity contribution in [3.05, 3.63) is 57.8 Å². The fourth-order valence-electron chi connectivity index (χ4n) is 1.74. The number of nitro groups is 1. The van der Waals surface area contributed by atoms with Gasteiger partial charge in [-0.2, -0.15) is 0 Å². The third-order valence-corrected chi connectivity index (χ3v) is 2.77. The molecule has 0 aliphatic carbocycles. The summed E-state index contributed by atoms with van der Waals surface area (Å²) >= 11 is 0. The summed E-state index contributed by atoms with van der Waals surface area (Å²) in [4.78, 5) is 13.8. The van der Waals surface area contributed by atoms with Crippen LogP contribution in [0.3, 0.4) is 0 Å². The van der Waals surface area contributed by atoms with Gasteiger partial charge < -0.3 is 19.8 Å². The standard InChI is InChI=1S/C12H12FN3O3/c1-8-14-12(16(18)19)7-15(8)6-11(17)9-2-4-10(13)5-3-9/h2-5,7,11,17H,6H2,1H3/t11-/m1/s1. The Labute approximate surface area is 108 Å². The molecule has 2 aromatic rings. The minimum atomic E-state index is -0.881. The van der Waals surface area contributed by atoms with Gasteiger partial charge in [0.25, 0.3) is 0 Å². The second-order valence-electron chi connectivity index (χ2n) is 4.12. The molecule has 1 atom stereocenters. The highest BCUT2D eigenvalue weighted by atomic mass is 19.1. The van der Waals surface area contributed by atoms with Crippen LogP contribution in [0.25, 0.3) is 0 Å². The quantitative estimate of drug-likeness (QED) is 0.677. The minimum Gasteiger partial charge on any atom is -0.387 e. The number of imidazole rings is 1. The molecule has 6 nitrogen and oxygen atoms in total. The highest BCUT2D eigenvalue weighted by molar-refractivity contribution is 5.20. The Bertz CT molecular complexity index is 595. The number of aromatic nitrogens is 2. The number of nitrogens with zero attached hydrogens (tertiary/aromatic N) is 3. The summed E-state index contributed by atoms with van der Waals surface area (Å²) in [6.07, 6.45) is 0.385. The lowest BCUT2D eigenvalue weighted by molar-refractivity contribution is -0.389. The average Bonchev–Trinajstić information content (AvgIpc) is 2.72. The number of aryl methyl sites for hydroxylation is 1. The normalized spacial score (nSPS) is 12.4. The highest BCUT2D eigenvalue weighted by Crippen LogP contribution is 2.18. The van der Waals surface area contributed by atoms with Crippen molar-refractivity contribution in [1.82, 2.24) is 9.55 Å². The Hall–Kier alpha value is -2.28. The maximum atomic E-state index is 12.8. The first-order valence-electron chi connectivity index (χ1n) is 5.59. The summed E-state index contributed by atoms with van der Waals surface area (Å²) in [6.45, 7) is 1.74. The van der Waals surface area contributed by atoms with Gasteiger partial charge in [0.05, 0.1) is 12.6 Å². The lowest BCUT2D eigenvalue weighted by Crippen LogP contribution is -2.09. The Morgan fingerprint density at radius 2 is 2.11 bits per heavy atom. The topological polar surface area (TPSA) is 81.2 Å². The van der Waals surface area contributed by atoms with E-state index in [1.807, 2.05) is 0 Å². The molecule has 1 aromatic heterocycles. The van der Waals surface area contributed by atoms with Gasteiger partial charge >= 0.3 is 5.82 Å². The van der Waals surface area contributed by atoms with Crippen molar-refractivity contribution in [3.63, 3.8) is 0 Å². The van der Waals surface area contributed by atoms with Crippen LogP contribution in [0.2, 0.25) is 0 Å². The molecule has 19 heavy (non-hydrogen) atoms. The second-order valence-corrected chi connectivity index (χ2v) is 4.12. The molecule has 0 radical (unpaired) electrons. The van der Waals surface area contributed by atoms with Crippen LogP contribution < -0.4 is 0 Å². The fraction of sp³-hybridized carbons (Fsp3) is 0.250. The summed E-state index contributed by atoms with van der Waals surface area (Å²) in [7, 11) is 0.